The minimum Gasteiger partial charge on any atom is -0.309 e. The van der Waals surface area contributed by atoms with Gasteiger partial charge in [-0.1, -0.05) is 170 Å². The summed E-state index contributed by atoms with van der Waals surface area (Å²) in [6.45, 7) is 0. The topological polar surface area (TPSA) is 43.6 Å². The molecule has 2 aromatic heterocycles. The fourth-order valence-corrected chi connectivity index (χ4v) is 7.43. The second-order valence-electron chi connectivity index (χ2n) is 13.3. The molecule has 0 aliphatic rings. The van der Waals surface area contributed by atoms with Gasteiger partial charge in [-0.25, -0.2) is 15.0 Å². The van der Waals surface area contributed by atoms with Crippen molar-refractivity contribution in [2.45, 2.75) is 0 Å². The van der Waals surface area contributed by atoms with Gasteiger partial charge in [-0.3, -0.25) is 0 Å². The van der Waals surface area contributed by atoms with Crippen LogP contribution < -0.4 is 0 Å². The number of para-hydroxylation sites is 2. The number of aromatic nitrogens is 4. The lowest BCUT2D eigenvalue weighted by Crippen LogP contribution is -2.02. The van der Waals surface area contributed by atoms with E-state index in [2.05, 4.69) is 193 Å². The van der Waals surface area contributed by atoms with Crippen LogP contribution in [-0.4, -0.2) is 19.5 Å². The van der Waals surface area contributed by atoms with Crippen LogP contribution in [0.3, 0.4) is 0 Å². The van der Waals surface area contributed by atoms with Crippen LogP contribution in [0.1, 0.15) is 0 Å². The summed E-state index contributed by atoms with van der Waals surface area (Å²) in [5, 5.41) is 4.75. The summed E-state index contributed by atoms with van der Waals surface area (Å²) in [6.07, 6.45) is 0. The highest BCUT2D eigenvalue weighted by molar-refractivity contribution is 6.09. The normalized spacial score (nSPS) is 11.4. The van der Waals surface area contributed by atoms with Crippen molar-refractivity contribution in [1.29, 1.82) is 0 Å². The molecule has 0 spiro atoms. The predicted octanol–water partition coefficient (Wildman–Crippen LogP) is 12.5. The van der Waals surface area contributed by atoms with Crippen molar-refractivity contribution in [3.63, 3.8) is 0 Å². The van der Waals surface area contributed by atoms with Gasteiger partial charge < -0.3 is 4.57 Å². The van der Waals surface area contributed by atoms with Crippen LogP contribution >= 0.6 is 0 Å². The van der Waals surface area contributed by atoms with Crippen molar-refractivity contribution >= 4 is 32.6 Å². The Hall–Kier alpha value is -7.17. The first-order valence-corrected chi connectivity index (χ1v) is 17.9. The molecule has 4 nitrogen and oxygen atoms in total. The third kappa shape index (κ3) is 5.54. The molecule has 0 saturated carbocycles. The van der Waals surface area contributed by atoms with Crippen molar-refractivity contribution < 1.29 is 0 Å². The molecule has 10 aromatic rings. The molecule has 8 aromatic carbocycles. The van der Waals surface area contributed by atoms with Gasteiger partial charge in [0.05, 0.1) is 16.7 Å². The minimum atomic E-state index is 0.618. The summed E-state index contributed by atoms with van der Waals surface area (Å²) in [7, 11) is 0. The van der Waals surface area contributed by atoms with Gasteiger partial charge in [0.2, 0.25) is 0 Å². The lowest BCUT2D eigenvalue weighted by molar-refractivity contribution is 1.07. The van der Waals surface area contributed by atoms with Gasteiger partial charge in [-0.15, -0.1) is 0 Å². The molecule has 0 aliphatic heterocycles. The Kier molecular flexibility index (Phi) is 7.43. The van der Waals surface area contributed by atoms with Crippen LogP contribution in [-0.2, 0) is 0 Å². The maximum atomic E-state index is 5.19. The molecule has 2 heterocycles. The zero-order valence-corrected chi connectivity index (χ0v) is 28.8. The molecule has 10 rings (SSSR count). The molecular weight excluding hydrogens is 645 g/mol. The maximum Gasteiger partial charge on any atom is 0.164 e. The Morgan fingerprint density at radius 3 is 1.42 bits per heavy atom. The lowest BCUT2D eigenvalue weighted by Gasteiger charge is -2.16. The van der Waals surface area contributed by atoms with Crippen LogP contribution in [0.15, 0.2) is 194 Å². The molecule has 0 unspecified atom stereocenters. The predicted molar refractivity (Wildman–Crippen MR) is 219 cm³/mol. The van der Waals surface area contributed by atoms with Gasteiger partial charge in [-0.2, -0.15) is 0 Å². The van der Waals surface area contributed by atoms with E-state index in [1.54, 1.807) is 0 Å². The van der Waals surface area contributed by atoms with E-state index >= 15 is 0 Å². The lowest BCUT2D eigenvalue weighted by atomic mass is 10.0. The molecule has 0 atom stereocenters. The van der Waals surface area contributed by atoms with Crippen LogP contribution in [0.4, 0.5) is 0 Å². The highest BCUT2D eigenvalue weighted by atomic mass is 15.0. The van der Waals surface area contributed by atoms with Crippen LogP contribution in [0.5, 0.6) is 0 Å². The Labute approximate surface area is 307 Å². The second-order valence-corrected chi connectivity index (χ2v) is 13.3. The first kappa shape index (κ1) is 30.6. The van der Waals surface area contributed by atoms with Crippen molar-refractivity contribution in [3.8, 4) is 62.1 Å². The number of fused-ring (bicyclic) bond motifs is 4. The van der Waals surface area contributed by atoms with Crippen LogP contribution in [0.2, 0.25) is 0 Å². The molecule has 4 heteroatoms. The molecule has 0 bridgehead atoms. The van der Waals surface area contributed by atoms with Crippen molar-refractivity contribution in [2.24, 2.45) is 0 Å². The molecule has 0 N–H and O–H groups in total. The standard InChI is InChI=1S/C49H32N4/c1-3-13-33(14-4-1)35-23-26-37(27-24-35)47-50-48(39-28-25-34-15-7-8-18-38(34)31-39)52-49(51-47)40-29-30-41(36-16-5-2-6-17-36)46(32-40)53-44-21-11-9-19-42(44)43-20-10-12-22-45(43)53/h1-32H. The van der Waals surface area contributed by atoms with Crippen molar-refractivity contribution in [3.05, 3.63) is 194 Å². The van der Waals surface area contributed by atoms with Gasteiger partial charge >= 0.3 is 0 Å². The molecule has 53 heavy (non-hydrogen) atoms. The summed E-state index contributed by atoms with van der Waals surface area (Å²) >= 11 is 0. The van der Waals surface area contributed by atoms with Crippen molar-refractivity contribution in [2.75, 3.05) is 0 Å². The van der Waals surface area contributed by atoms with Crippen LogP contribution in [0.25, 0.3) is 94.7 Å². The van der Waals surface area contributed by atoms with Gasteiger partial charge in [0.15, 0.2) is 17.5 Å². The van der Waals surface area contributed by atoms with E-state index in [0.29, 0.717) is 17.5 Å². The highest BCUT2D eigenvalue weighted by Gasteiger charge is 2.19. The van der Waals surface area contributed by atoms with E-state index in [9.17, 15) is 0 Å². The van der Waals surface area contributed by atoms with E-state index in [1.807, 2.05) is 6.07 Å². The summed E-state index contributed by atoms with van der Waals surface area (Å²) in [5.74, 6) is 1.88. The average Bonchev–Trinajstić information content (AvgIpc) is 3.58. The van der Waals surface area contributed by atoms with Gasteiger partial charge in [-0.05, 0) is 51.7 Å². The average molecular weight is 677 g/mol. The fraction of sp³-hybridized carbons (Fsp3) is 0. The molecule has 0 saturated heterocycles. The molecular formula is C49H32N4. The zero-order chi connectivity index (χ0) is 35.1. The van der Waals surface area contributed by atoms with E-state index < -0.39 is 0 Å². The van der Waals surface area contributed by atoms with Gasteiger partial charge in [0, 0.05) is 33.0 Å². The highest BCUT2D eigenvalue weighted by Crippen LogP contribution is 2.38. The van der Waals surface area contributed by atoms with E-state index in [1.165, 1.54) is 21.7 Å². The minimum absolute atomic E-state index is 0.618. The first-order chi connectivity index (χ1) is 26.3. The molecule has 248 valence electrons. The van der Waals surface area contributed by atoms with E-state index in [-0.39, 0.29) is 0 Å². The van der Waals surface area contributed by atoms with E-state index in [4.69, 9.17) is 15.0 Å². The zero-order valence-electron chi connectivity index (χ0n) is 28.8. The Bertz CT molecular complexity index is 2880. The second kappa shape index (κ2) is 12.9. The number of nitrogens with zero attached hydrogens (tertiary/aromatic N) is 4. The molecule has 0 aliphatic carbocycles. The number of rotatable bonds is 6. The number of hydrogen-bond donors (Lipinski definition) is 0. The fourth-order valence-electron chi connectivity index (χ4n) is 7.43. The third-order valence-corrected chi connectivity index (χ3v) is 10.1. The Balaban J connectivity index is 1.19. The molecule has 0 amide bonds. The molecule has 0 fully saturated rings. The van der Waals surface area contributed by atoms with Gasteiger partial charge in [0.1, 0.15) is 0 Å². The molecule has 0 radical (unpaired) electrons. The third-order valence-electron chi connectivity index (χ3n) is 10.1. The summed E-state index contributed by atoms with van der Waals surface area (Å²) in [4.78, 5) is 15.5. The monoisotopic (exact) mass is 676 g/mol. The van der Waals surface area contributed by atoms with Crippen LogP contribution in [0, 0.1) is 0 Å². The van der Waals surface area contributed by atoms with E-state index in [0.717, 1.165) is 55.5 Å². The maximum absolute atomic E-state index is 5.19. The van der Waals surface area contributed by atoms with Crippen molar-refractivity contribution in [1.82, 2.24) is 19.5 Å². The smallest absolute Gasteiger partial charge is 0.164 e. The SMILES string of the molecule is c1ccc(-c2ccc(-c3nc(-c4ccc(-c5ccccc5)c(-n5c6ccccc6c6ccccc65)c4)nc(-c4ccc5ccccc5c4)n3)cc2)cc1. The number of hydrogen-bond acceptors (Lipinski definition) is 3. The Morgan fingerprint density at radius 2 is 0.755 bits per heavy atom. The van der Waals surface area contributed by atoms with Gasteiger partial charge in [0.25, 0.3) is 0 Å². The first-order valence-electron chi connectivity index (χ1n) is 17.9. The Morgan fingerprint density at radius 1 is 0.302 bits per heavy atom. The quantitative estimate of drug-likeness (QED) is 0.176. The summed E-state index contributed by atoms with van der Waals surface area (Å²) in [5.41, 5.74) is 10.7. The summed E-state index contributed by atoms with van der Waals surface area (Å²) < 4.78 is 2.38. The number of benzene rings is 8. The largest absolute Gasteiger partial charge is 0.309 e. The summed E-state index contributed by atoms with van der Waals surface area (Å²) in [6, 6.07) is 68.1.